The maximum atomic E-state index is 13.3. The predicted molar refractivity (Wildman–Crippen MR) is 101 cm³/mol. The standard InChI is InChI=1S/C20H21N3O2/c21-18-16-8-4-5-9-17(16)23(14-15-6-2-1-3-7-15)20(24)19(18)22-10-12-25-13-11-22/h1-9H,10-14,21H2. The van der Waals surface area contributed by atoms with Gasteiger partial charge in [-0.05, 0) is 11.6 Å². The number of hydrogen-bond acceptors (Lipinski definition) is 4. The van der Waals surface area contributed by atoms with Gasteiger partial charge in [0.25, 0.3) is 5.56 Å². The number of nitrogens with zero attached hydrogens (tertiary/aromatic N) is 2. The summed E-state index contributed by atoms with van der Waals surface area (Å²) in [5.74, 6) is 0. The molecule has 1 aliphatic rings. The average molecular weight is 335 g/mol. The van der Waals surface area contributed by atoms with Gasteiger partial charge in [0.1, 0.15) is 5.69 Å². The monoisotopic (exact) mass is 335 g/mol. The third kappa shape index (κ3) is 2.87. The van der Waals surface area contributed by atoms with E-state index >= 15 is 0 Å². The van der Waals surface area contributed by atoms with E-state index in [9.17, 15) is 4.79 Å². The highest BCUT2D eigenvalue weighted by atomic mass is 16.5. The summed E-state index contributed by atoms with van der Waals surface area (Å²) in [6.07, 6.45) is 0. The van der Waals surface area contributed by atoms with Crippen LogP contribution in [0.15, 0.2) is 59.4 Å². The van der Waals surface area contributed by atoms with Crippen molar-refractivity contribution in [3.8, 4) is 0 Å². The molecule has 1 saturated heterocycles. The summed E-state index contributed by atoms with van der Waals surface area (Å²) in [5, 5.41) is 0.916. The Balaban J connectivity index is 1.92. The molecule has 2 aromatic carbocycles. The van der Waals surface area contributed by atoms with Crippen molar-refractivity contribution in [3.63, 3.8) is 0 Å². The molecular formula is C20H21N3O2. The fourth-order valence-corrected chi connectivity index (χ4v) is 3.43. The Morgan fingerprint density at radius 3 is 2.40 bits per heavy atom. The van der Waals surface area contributed by atoms with E-state index < -0.39 is 0 Å². The van der Waals surface area contributed by atoms with Gasteiger partial charge in [-0.3, -0.25) is 4.79 Å². The largest absolute Gasteiger partial charge is 0.396 e. The predicted octanol–water partition coefficient (Wildman–Crippen LogP) is 2.47. The van der Waals surface area contributed by atoms with E-state index in [0.29, 0.717) is 44.2 Å². The molecule has 0 radical (unpaired) electrons. The first kappa shape index (κ1) is 15.7. The Morgan fingerprint density at radius 1 is 0.960 bits per heavy atom. The zero-order valence-corrected chi connectivity index (χ0v) is 14.0. The van der Waals surface area contributed by atoms with Crippen LogP contribution in [-0.2, 0) is 11.3 Å². The van der Waals surface area contributed by atoms with E-state index in [0.717, 1.165) is 16.5 Å². The van der Waals surface area contributed by atoms with Crippen molar-refractivity contribution in [2.24, 2.45) is 0 Å². The molecule has 128 valence electrons. The number of fused-ring (bicyclic) bond motifs is 1. The summed E-state index contributed by atoms with van der Waals surface area (Å²) >= 11 is 0. The van der Waals surface area contributed by atoms with Crippen molar-refractivity contribution in [2.45, 2.75) is 6.54 Å². The molecule has 1 fully saturated rings. The van der Waals surface area contributed by atoms with Crippen molar-refractivity contribution >= 4 is 22.3 Å². The molecular weight excluding hydrogens is 314 g/mol. The number of hydrogen-bond donors (Lipinski definition) is 1. The summed E-state index contributed by atoms with van der Waals surface area (Å²) in [4.78, 5) is 15.4. The Morgan fingerprint density at radius 2 is 1.64 bits per heavy atom. The van der Waals surface area contributed by atoms with Crippen LogP contribution in [0.5, 0.6) is 0 Å². The fourth-order valence-electron chi connectivity index (χ4n) is 3.43. The Kier molecular flexibility index (Phi) is 4.15. The molecule has 0 saturated carbocycles. The van der Waals surface area contributed by atoms with E-state index in [-0.39, 0.29) is 5.56 Å². The average Bonchev–Trinajstić information content (AvgIpc) is 2.67. The summed E-state index contributed by atoms with van der Waals surface area (Å²) in [7, 11) is 0. The van der Waals surface area contributed by atoms with Crippen molar-refractivity contribution < 1.29 is 4.74 Å². The van der Waals surface area contributed by atoms with E-state index in [4.69, 9.17) is 10.5 Å². The Labute approximate surface area is 146 Å². The third-order valence-corrected chi connectivity index (χ3v) is 4.70. The quantitative estimate of drug-likeness (QED) is 0.799. The lowest BCUT2D eigenvalue weighted by molar-refractivity contribution is 0.122. The van der Waals surface area contributed by atoms with Gasteiger partial charge in [0, 0.05) is 18.5 Å². The molecule has 0 atom stereocenters. The van der Waals surface area contributed by atoms with E-state index in [1.54, 1.807) is 0 Å². The van der Waals surface area contributed by atoms with E-state index in [1.807, 2.05) is 59.2 Å². The number of morpholine rings is 1. The number of aromatic nitrogens is 1. The maximum Gasteiger partial charge on any atom is 0.277 e. The van der Waals surface area contributed by atoms with E-state index in [2.05, 4.69) is 4.90 Å². The van der Waals surface area contributed by atoms with Crippen LogP contribution in [0.2, 0.25) is 0 Å². The SMILES string of the molecule is Nc1c(N2CCOCC2)c(=O)n(Cc2ccccc2)c2ccccc12. The molecule has 4 rings (SSSR count). The molecule has 0 amide bonds. The van der Waals surface area contributed by atoms with Gasteiger partial charge < -0.3 is 19.9 Å². The number of benzene rings is 2. The number of nitrogens with two attached hydrogens (primary N) is 1. The molecule has 0 aliphatic carbocycles. The van der Waals surface area contributed by atoms with Crippen LogP contribution in [0.4, 0.5) is 11.4 Å². The van der Waals surface area contributed by atoms with E-state index in [1.165, 1.54) is 0 Å². The highest BCUT2D eigenvalue weighted by molar-refractivity contribution is 5.96. The molecule has 3 aromatic rings. The topological polar surface area (TPSA) is 60.5 Å². The van der Waals surface area contributed by atoms with Crippen molar-refractivity contribution in [1.29, 1.82) is 0 Å². The minimum Gasteiger partial charge on any atom is -0.396 e. The van der Waals surface area contributed by atoms with Gasteiger partial charge in [0.05, 0.1) is 31.0 Å². The molecule has 1 aliphatic heterocycles. The molecule has 0 bridgehead atoms. The van der Waals surface area contributed by atoms with Crippen LogP contribution < -0.4 is 16.2 Å². The van der Waals surface area contributed by atoms with Crippen molar-refractivity contribution in [3.05, 3.63) is 70.5 Å². The molecule has 2 heterocycles. The maximum absolute atomic E-state index is 13.3. The van der Waals surface area contributed by atoms with Gasteiger partial charge in [-0.15, -0.1) is 0 Å². The summed E-state index contributed by atoms with van der Waals surface area (Å²) in [5.41, 5.74) is 9.49. The van der Waals surface area contributed by atoms with Crippen LogP contribution in [0, 0.1) is 0 Å². The molecule has 0 spiro atoms. The second kappa shape index (κ2) is 6.61. The second-order valence-corrected chi connectivity index (χ2v) is 6.26. The van der Waals surface area contributed by atoms with Crippen LogP contribution in [-0.4, -0.2) is 30.9 Å². The lowest BCUT2D eigenvalue weighted by Crippen LogP contribution is -2.41. The third-order valence-electron chi connectivity index (χ3n) is 4.70. The number of para-hydroxylation sites is 1. The Bertz CT molecular complexity index is 944. The first-order valence-corrected chi connectivity index (χ1v) is 8.53. The molecule has 5 heteroatoms. The number of rotatable bonds is 3. The summed E-state index contributed by atoms with van der Waals surface area (Å²) in [6.45, 7) is 3.12. The molecule has 1 aromatic heterocycles. The van der Waals surface area contributed by atoms with Gasteiger partial charge in [-0.2, -0.15) is 0 Å². The molecule has 2 N–H and O–H groups in total. The minimum atomic E-state index is -0.0399. The van der Waals surface area contributed by atoms with Crippen LogP contribution in [0.3, 0.4) is 0 Å². The highest BCUT2D eigenvalue weighted by Crippen LogP contribution is 2.29. The van der Waals surface area contributed by atoms with Gasteiger partial charge in [0.15, 0.2) is 0 Å². The highest BCUT2D eigenvalue weighted by Gasteiger charge is 2.21. The zero-order chi connectivity index (χ0) is 17.2. The van der Waals surface area contributed by atoms with Crippen LogP contribution in [0.25, 0.3) is 10.9 Å². The fraction of sp³-hybridized carbons (Fsp3) is 0.250. The summed E-state index contributed by atoms with van der Waals surface area (Å²) < 4.78 is 7.25. The van der Waals surface area contributed by atoms with Crippen molar-refractivity contribution in [1.82, 2.24) is 4.57 Å². The van der Waals surface area contributed by atoms with Gasteiger partial charge >= 0.3 is 0 Å². The lowest BCUT2D eigenvalue weighted by Gasteiger charge is -2.30. The first-order chi connectivity index (χ1) is 12.3. The zero-order valence-electron chi connectivity index (χ0n) is 14.0. The second-order valence-electron chi connectivity index (χ2n) is 6.26. The number of anilines is 2. The smallest absolute Gasteiger partial charge is 0.277 e. The summed E-state index contributed by atoms with van der Waals surface area (Å²) in [6, 6.07) is 17.9. The molecule has 5 nitrogen and oxygen atoms in total. The van der Waals surface area contributed by atoms with Crippen molar-refractivity contribution in [2.75, 3.05) is 36.9 Å². The minimum absolute atomic E-state index is 0.0399. The van der Waals surface area contributed by atoms with Gasteiger partial charge in [0.2, 0.25) is 0 Å². The van der Waals surface area contributed by atoms with Gasteiger partial charge in [-0.1, -0.05) is 48.5 Å². The van der Waals surface area contributed by atoms with Crippen LogP contribution >= 0.6 is 0 Å². The van der Waals surface area contributed by atoms with Crippen LogP contribution in [0.1, 0.15) is 5.56 Å². The lowest BCUT2D eigenvalue weighted by atomic mass is 10.1. The normalized spacial score (nSPS) is 14.8. The molecule has 0 unspecified atom stereocenters. The first-order valence-electron chi connectivity index (χ1n) is 8.53. The Hall–Kier alpha value is -2.79. The number of nitrogen functional groups attached to an aromatic ring is 1. The number of pyridine rings is 1. The number of ether oxygens (including phenoxy) is 1. The molecule has 25 heavy (non-hydrogen) atoms. The van der Waals surface area contributed by atoms with Gasteiger partial charge in [-0.25, -0.2) is 0 Å².